The van der Waals surface area contributed by atoms with Crippen molar-refractivity contribution in [2.24, 2.45) is 11.7 Å². The number of fused-ring (bicyclic) bond motifs is 1. The van der Waals surface area contributed by atoms with Crippen molar-refractivity contribution in [2.45, 2.75) is 77.7 Å². The van der Waals surface area contributed by atoms with Crippen LogP contribution in [-0.2, 0) is 31.0 Å². The first-order valence-electron chi connectivity index (χ1n) is 17.2. The van der Waals surface area contributed by atoms with Crippen LogP contribution in [0.2, 0.25) is 0 Å². The SMILES string of the molecule is CCCCCC(CC[C@H](C(=O)O)C(=O)c1ccc(CNCc2ccccn2)cc1)NCc1ccccn1.NCc1cccc2ccccc12. The van der Waals surface area contributed by atoms with Gasteiger partial charge in [0.25, 0.3) is 0 Å². The van der Waals surface area contributed by atoms with Crippen LogP contribution in [0.25, 0.3) is 10.8 Å². The molecule has 0 fully saturated rings. The molecule has 0 spiro atoms. The highest BCUT2D eigenvalue weighted by Crippen LogP contribution is 2.20. The molecule has 0 bridgehead atoms. The Morgan fingerprint density at radius 3 is 2.06 bits per heavy atom. The Kier molecular flexibility index (Phi) is 15.6. The van der Waals surface area contributed by atoms with E-state index in [1.807, 2.05) is 66.7 Å². The number of Topliss-reactive ketones (excluding diaryl/α,β-unsaturated/α-hetero) is 1. The number of rotatable bonds is 18. The van der Waals surface area contributed by atoms with Crippen molar-refractivity contribution in [1.29, 1.82) is 0 Å². The standard InChI is InChI=1S/C30H38N4O3.C11H11N/c1-2-3-4-9-25(34-22-27-11-6-8-19-33-27)16-17-28(30(36)37)29(35)24-14-12-23(13-15-24)20-31-21-26-10-5-7-18-32-26;12-8-10-6-3-5-9-4-1-2-7-11(9)10/h5-8,10-15,18-19,25,28,31,34H,2-4,9,16-17,20-22H2,1H3,(H,36,37);1-7H,8,12H2/t25?,28-;/m0./s1. The number of carboxylic acid groups (broad SMARTS) is 1. The maximum atomic E-state index is 13.1. The van der Waals surface area contributed by atoms with Crippen LogP contribution in [0, 0.1) is 5.92 Å². The number of carboxylic acids is 1. The zero-order valence-electron chi connectivity index (χ0n) is 28.4. The summed E-state index contributed by atoms with van der Waals surface area (Å²) in [5, 5.41) is 19.2. The second-order valence-corrected chi connectivity index (χ2v) is 12.2. The number of pyridine rings is 2. The van der Waals surface area contributed by atoms with Gasteiger partial charge in [-0.2, -0.15) is 0 Å². The van der Waals surface area contributed by atoms with E-state index < -0.39 is 11.9 Å². The van der Waals surface area contributed by atoms with E-state index >= 15 is 0 Å². The van der Waals surface area contributed by atoms with E-state index in [0.717, 1.165) is 42.6 Å². The molecule has 0 radical (unpaired) electrons. The van der Waals surface area contributed by atoms with Gasteiger partial charge in [-0.15, -0.1) is 0 Å². The van der Waals surface area contributed by atoms with Crippen LogP contribution in [0.4, 0.5) is 0 Å². The normalized spacial score (nSPS) is 12.1. The molecule has 0 saturated carbocycles. The lowest BCUT2D eigenvalue weighted by atomic mass is 9.90. The fourth-order valence-electron chi connectivity index (χ4n) is 5.77. The molecule has 8 heteroatoms. The fourth-order valence-corrected chi connectivity index (χ4v) is 5.77. The highest BCUT2D eigenvalue weighted by Gasteiger charge is 2.28. The summed E-state index contributed by atoms with van der Waals surface area (Å²) in [6.45, 7) is 4.68. The predicted octanol–water partition coefficient (Wildman–Crippen LogP) is 7.47. The Morgan fingerprint density at radius 2 is 1.41 bits per heavy atom. The van der Waals surface area contributed by atoms with Gasteiger partial charge in [-0.1, -0.05) is 105 Å². The third kappa shape index (κ3) is 12.3. The number of aliphatic carboxylic acids is 1. The van der Waals surface area contributed by atoms with Gasteiger partial charge in [-0.3, -0.25) is 19.6 Å². The third-order valence-electron chi connectivity index (χ3n) is 8.57. The molecule has 8 nitrogen and oxygen atoms in total. The average Bonchev–Trinajstić information content (AvgIpc) is 3.14. The van der Waals surface area contributed by atoms with Gasteiger partial charge in [0.2, 0.25) is 0 Å². The van der Waals surface area contributed by atoms with Crippen LogP contribution < -0.4 is 16.4 Å². The van der Waals surface area contributed by atoms with E-state index in [1.54, 1.807) is 24.5 Å². The number of benzene rings is 3. The molecule has 0 aliphatic heterocycles. The molecule has 5 aromatic rings. The van der Waals surface area contributed by atoms with Crippen molar-refractivity contribution in [3.63, 3.8) is 0 Å². The lowest BCUT2D eigenvalue weighted by Crippen LogP contribution is -2.32. The number of unbranched alkanes of at least 4 members (excludes halogenated alkanes) is 2. The molecule has 3 aromatic carbocycles. The van der Waals surface area contributed by atoms with E-state index in [9.17, 15) is 14.7 Å². The van der Waals surface area contributed by atoms with Crippen molar-refractivity contribution in [3.8, 4) is 0 Å². The first-order chi connectivity index (χ1) is 24.0. The summed E-state index contributed by atoms with van der Waals surface area (Å²) in [4.78, 5) is 33.8. The minimum atomic E-state index is -1.07. The smallest absolute Gasteiger partial charge is 0.314 e. The number of nitrogens with two attached hydrogens (primary N) is 1. The lowest BCUT2D eigenvalue weighted by molar-refractivity contribution is -0.140. The number of nitrogens with one attached hydrogen (secondary N) is 2. The lowest BCUT2D eigenvalue weighted by Gasteiger charge is -2.20. The Hall–Kier alpha value is -4.76. The summed E-state index contributed by atoms with van der Waals surface area (Å²) in [7, 11) is 0. The van der Waals surface area contributed by atoms with Gasteiger partial charge >= 0.3 is 5.97 Å². The van der Waals surface area contributed by atoms with Gasteiger partial charge in [0.05, 0.1) is 11.4 Å². The van der Waals surface area contributed by atoms with Gasteiger partial charge in [-0.25, -0.2) is 0 Å². The fraction of sp³-hybridized carbons (Fsp3) is 0.317. The number of carbonyl (C=O) groups excluding carboxylic acids is 1. The highest BCUT2D eigenvalue weighted by atomic mass is 16.4. The van der Waals surface area contributed by atoms with Crippen LogP contribution in [0.15, 0.2) is 116 Å². The molecule has 2 heterocycles. The molecule has 0 aliphatic rings. The first kappa shape index (κ1) is 37.1. The number of hydrogen-bond acceptors (Lipinski definition) is 7. The molecule has 1 unspecified atom stereocenters. The first-order valence-corrected chi connectivity index (χ1v) is 17.2. The quantitative estimate of drug-likeness (QED) is 0.0433. The van der Waals surface area contributed by atoms with Gasteiger partial charge in [0.1, 0.15) is 5.92 Å². The second kappa shape index (κ2) is 20.6. The molecule has 49 heavy (non-hydrogen) atoms. The molecule has 2 atom stereocenters. The van der Waals surface area contributed by atoms with E-state index in [0.29, 0.717) is 44.6 Å². The van der Waals surface area contributed by atoms with E-state index in [4.69, 9.17) is 5.73 Å². The Labute approximate surface area is 290 Å². The van der Waals surface area contributed by atoms with Gasteiger partial charge in [-0.05, 0) is 65.4 Å². The zero-order chi connectivity index (χ0) is 34.7. The van der Waals surface area contributed by atoms with E-state index in [-0.39, 0.29) is 11.8 Å². The molecular formula is C41H49N5O3. The van der Waals surface area contributed by atoms with Crippen molar-refractivity contribution in [2.75, 3.05) is 0 Å². The molecule has 0 amide bonds. The number of nitrogens with zero attached hydrogens (tertiary/aromatic N) is 2. The minimum absolute atomic E-state index is 0.135. The van der Waals surface area contributed by atoms with Crippen LogP contribution in [0.1, 0.15) is 78.3 Å². The van der Waals surface area contributed by atoms with Crippen LogP contribution in [-0.4, -0.2) is 32.9 Å². The van der Waals surface area contributed by atoms with Gasteiger partial charge < -0.3 is 21.5 Å². The number of aromatic nitrogens is 2. The molecule has 5 N–H and O–H groups in total. The molecule has 2 aromatic heterocycles. The Morgan fingerprint density at radius 1 is 0.735 bits per heavy atom. The van der Waals surface area contributed by atoms with Gasteiger partial charge in [0.15, 0.2) is 5.78 Å². The van der Waals surface area contributed by atoms with Crippen LogP contribution in [0.3, 0.4) is 0 Å². The Balaban J connectivity index is 0.000000375. The van der Waals surface area contributed by atoms with Gasteiger partial charge in [0, 0.05) is 50.2 Å². The predicted molar refractivity (Wildman–Crippen MR) is 197 cm³/mol. The summed E-state index contributed by atoms with van der Waals surface area (Å²) in [6.07, 6.45) is 8.72. The zero-order valence-corrected chi connectivity index (χ0v) is 28.4. The van der Waals surface area contributed by atoms with E-state index in [2.05, 4.69) is 51.8 Å². The maximum absolute atomic E-state index is 13.1. The summed E-state index contributed by atoms with van der Waals surface area (Å²) >= 11 is 0. The molecule has 0 saturated heterocycles. The van der Waals surface area contributed by atoms with Crippen molar-refractivity contribution < 1.29 is 14.7 Å². The minimum Gasteiger partial charge on any atom is -0.481 e. The topological polar surface area (TPSA) is 130 Å². The van der Waals surface area contributed by atoms with Crippen molar-refractivity contribution >= 4 is 22.5 Å². The summed E-state index contributed by atoms with van der Waals surface area (Å²) in [6, 6.07) is 33.5. The van der Waals surface area contributed by atoms with E-state index in [1.165, 1.54) is 16.3 Å². The number of carbonyl (C=O) groups is 2. The molecule has 0 aliphatic carbocycles. The molecule has 256 valence electrons. The molecule has 5 rings (SSSR count). The van der Waals surface area contributed by atoms with Crippen LogP contribution in [0.5, 0.6) is 0 Å². The average molecular weight is 660 g/mol. The second-order valence-electron chi connectivity index (χ2n) is 12.2. The van der Waals surface area contributed by atoms with Crippen LogP contribution >= 0.6 is 0 Å². The monoisotopic (exact) mass is 659 g/mol. The van der Waals surface area contributed by atoms with Crippen molar-refractivity contribution in [1.82, 2.24) is 20.6 Å². The summed E-state index contributed by atoms with van der Waals surface area (Å²) in [5.41, 5.74) is 10.2. The largest absolute Gasteiger partial charge is 0.481 e. The maximum Gasteiger partial charge on any atom is 0.314 e. The summed E-state index contributed by atoms with van der Waals surface area (Å²) < 4.78 is 0. The highest BCUT2D eigenvalue weighted by molar-refractivity contribution is 6.08. The summed E-state index contributed by atoms with van der Waals surface area (Å²) in [5.74, 6) is -2.46. The Bertz CT molecular complexity index is 1690. The third-order valence-corrected chi connectivity index (χ3v) is 8.57. The van der Waals surface area contributed by atoms with Crippen molar-refractivity contribution in [3.05, 3.63) is 144 Å². The number of ketones is 1. The molecular weight excluding hydrogens is 610 g/mol. The number of hydrogen-bond donors (Lipinski definition) is 4.